The van der Waals surface area contributed by atoms with Crippen molar-refractivity contribution >= 4 is 115 Å². The summed E-state index contributed by atoms with van der Waals surface area (Å²) in [6.07, 6.45) is 27.3. The molecule has 11 aromatic rings. The number of rotatable bonds is 28. The molecule has 1 radical (unpaired) electrons. The first-order valence-electron chi connectivity index (χ1n) is 33.6. The molecule has 13 rings (SSSR count). The van der Waals surface area contributed by atoms with E-state index in [1.165, 1.54) is 0 Å². The molecule has 2 aliphatic rings. The Morgan fingerprint density at radius 2 is 0.772 bits per heavy atom. The number of aromatic nitrogens is 8. The van der Waals surface area contributed by atoms with Gasteiger partial charge in [-0.1, -0.05) is 71.7 Å². The molecule has 0 saturated heterocycles. The second-order valence-electron chi connectivity index (χ2n) is 24.5. The number of hydrogen-bond acceptors (Lipinski definition) is 10. The van der Waals surface area contributed by atoms with E-state index in [1.807, 2.05) is 121 Å². The van der Waals surface area contributed by atoms with E-state index in [4.69, 9.17) is 52.6 Å². The molecule has 7 aromatic heterocycles. The fraction of sp³-hybridized carbons (Fsp3) is 0.225. The molecule has 0 fully saturated rings. The fourth-order valence-corrected chi connectivity index (χ4v) is 12.7. The number of ether oxygens (including phenoxy) is 2. The van der Waals surface area contributed by atoms with E-state index >= 15 is 0 Å². The molecular weight excluding hydrogens is 1390 g/mol. The van der Waals surface area contributed by atoms with Crippen molar-refractivity contribution < 1.29 is 70.1 Å². The molecule has 9 heterocycles. The van der Waals surface area contributed by atoms with Crippen molar-refractivity contribution in [1.82, 2.24) is 40.5 Å². The summed E-state index contributed by atoms with van der Waals surface area (Å²) >= 11 is 12.3. The molecule has 0 unspecified atom stereocenters. The summed E-state index contributed by atoms with van der Waals surface area (Å²) in [6.45, 7) is 3.75. The minimum atomic E-state index is 0. The number of nitrogens with zero attached hydrogens (tertiary/aromatic N) is 8. The summed E-state index contributed by atoms with van der Waals surface area (Å²) in [5, 5.41) is 16.6. The summed E-state index contributed by atoms with van der Waals surface area (Å²) in [4.78, 5) is 56.4. The van der Waals surface area contributed by atoms with Gasteiger partial charge in [-0.3, -0.25) is 19.6 Å². The molecule has 0 spiro atoms. The van der Waals surface area contributed by atoms with E-state index in [-0.39, 0.29) is 53.7 Å². The van der Waals surface area contributed by atoms with E-state index < -0.39 is 0 Å². The third kappa shape index (κ3) is 18.7. The normalized spacial score (nSPS) is 11.4. The SMILES string of the molecule is C[n+]1ccc(-c2c3nc(c(-c4ccc(OCCCCC(=O)NCCCCNc5ccnc6cc(Cl)ccc56)cc4)c4ccc([n-]4)c(-c4ccc(OCCCCC(=O)NCCCCNc5ccnc6cc(Cl)ccc56)cc4)c4nc(c(-c5cc[n+](C)cc5)c5ccc2[n-]5)C=C4)C=C3)cc1.[Cl-].[Cl-].[Mn+2]. The van der Waals surface area contributed by atoms with Crippen molar-refractivity contribution in [2.75, 3.05) is 50.0 Å². The first-order chi connectivity index (χ1) is 48.0. The van der Waals surface area contributed by atoms with E-state index in [1.54, 1.807) is 12.4 Å². The van der Waals surface area contributed by atoms with Crippen molar-refractivity contribution in [3.63, 3.8) is 0 Å². The summed E-state index contributed by atoms with van der Waals surface area (Å²) < 4.78 is 16.6. The Labute approximate surface area is 620 Å². The zero-order valence-electron chi connectivity index (χ0n) is 56.0. The molecule has 16 nitrogen and oxygen atoms in total. The van der Waals surface area contributed by atoms with Gasteiger partial charge >= 0.3 is 17.1 Å². The number of aryl methyl sites for hydroxylation is 2. The van der Waals surface area contributed by atoms with Crippen molar-refractivity contribution in [1.29, 1.82) is 0 Å². The second-order valence-corrected chi connectivity index (χ2v) is 25.4. The van der Waals surface area contributed by atoms with E-state index in [0.717, 1.165) is 186 Å². The van der Waals surface area contributed by atoms with Crippen LogP contribution in [0.3, 0.4) is 0 Å². The van der Waals surface area contributed by atoms with E-state index in [2.05, 4.69) is 128 Å². The maximum Gasteiger partial charge on any atom is 2.00 e. The van der Waals surface area contributed by atoms with Crippen LogP contribution in [0, 0.1) is 0 Å². The number of carbonyl (C=O) groups is 2. The Balaban J connectivity index is 0.00000367. The Morgan fingerprint density at radius 3 is 1.14 bits per heavy atom. The van der Waals surface area contributed by atoms with Crippen LogP contribution in [0.2, 0.25) is 10.0 Å². The van der Waals surface area contributed by atoms with Crippen LogP contribution in [-0.4, -0.2) is 71.1 Å². The van der Waals surface area contributed by atoms with E-state index in [0.29, 0.717) is 62.0 Å². The zero-order chi connectivity index (χ0) is 67.2. The molecule has 0 aliphatic carbocycles. The topological polar surface area (TPSA) is 188 Å². The molecule has 4 N–H and O–H groups in total. The average Bonchev–Trinajstić information content (AvgIpc) is 1.63. The van der Waals surface area contributed by atoms with Crippen LogP contribution in [-0.2, 0) is 40.8 Å². The van der Waals surface area contributed by atoms with Gasteiger partial charge in [0.25, 0.3) is 0 Å². The van der Waals surface area contributed by atoms with Gasteiger partial charge in [0.05, 0.1) is 47.0 Å². The Kier molecular flexibility index (Phi) is 26.2. The minimum absolute atomic E-state index is 0. The number of amides is 2. The third-order valence-electron chi connectivity index (χ3n) is 17.5. The minimum Gasteiger partial charge on any atom is -1.00 e. The molecule has 4 aromatic carbocycles. The maximum absolute atomic E-state index is 12.8. The van der Waals surface area contributed by atoms with Crippen LogP contribution in [0.15, 0.2) is 183 Å². The Bertz CT molecular complexity index is 4630. The number of pyridine rings is 4. The number of carbonyl (C=O) groups excluding carboxylic acids is 2. The van der Waals surface area contributed by atoms with Gasteiger partial charge in [0.15, 0.2) is 24.8 Å². The van der Waals surface area contributed by atoms with Crippen molar-refractivity contribution in [3.05, 3.63) is 216 Å². The van der Waals surface area contributed by atoms with E-state index in [9.17, 15) is 9.59 Å². The molecule has 0 saturated carbocycles. The zero-order valence-corrected chi connectivity index (χ0v) is 60.2. The standard InChI is InChI=1S/C80H76Cl2N12O4.2ClH.Mn/c1-93-45-35-55(36-46-93)79-69-29-27-67(90-69)77(53-13-19-59(20-14-53)97-49-9-3-11-75(95)87-41-7-5-39-83-63-33-43-85-73-51-57(81)17-23-61(63)73)65-25-26-66(89-65)78(68-28-30-70(91-68)80(72-32-31-71(79)92-72)56-37-47-94(2)48-38-56)54-15-21-60(22-16-54)98-50-10-4-12-76(96)88-42-8-6-40-84-64-34-44-86-74-52-58(82)18-24-62(64)74;;;/h13-38,43-48,51-52H,3-12,39-42,49-50H2,1-2H3,(H4-,83,84,85,86,87,88,89,90,91,92,95,96);2*1H;/q;;;+2/p-2. The molecule has 2 aliphatic heterocycles. The van der Waals surface area contributed by atoms with Crippen LogP contribution in [0.5, 0.6) is 11.5 Å². The summed E-state index contributed by atoms with van der Waals surface area (Å²) in [5.74, 6) is 1.54. The summed E-state index contributed by atoms with van der Waals surface area (Å²) in [7, 11) is 4.02. The van der Waals surface area contributed by atoms with Crippen LogP contribution in [0.1, 0.15) is 87.0 Å². The largest absolute Gasteiger partial charge is 2.00 e. The number of benzene rings is 4. The molecule has 2 amide bonds. The van der Waals surface area contributed by atoms with Crippen molar-refractivity contribution in [3.8, 4) is 56.0 Å². The first-order valence-corrected chi connectivity index (χ1v) is 34.3. The smallest absolute Gasteiger partial charge is 1.00 e. The molecule has 0 atom stereocenters. The van der Waals surface area contributed by atoms with Gasteiger partial charge in [-0.25, -0.2) is 19.1 Å². The van der Waals surface area contributed by atoms with Gasteiger partial charge in [-0.15, -0.1) is 22.1 Å². The van der Waals surface area contributed by atoms with Gasteiger partial charge in [0.1, 0.15) is 25.6 Å². The molecular formula is C80H76Cl4MnN12O4. The Hall–Kier alpha value is -9.58. The van der Waals surface area contributed by atoms with Gasteiger partial charge in [0, 0.05) is 108 Å². The van der Waals surface area contributed by atoms with Crippen molar-refractivity contribution in [2.24, 2.45) is 14.1 Å². The Morgan fingerprint density at radius 1 is 0.426 bits per heavy atom. The molecule has 101 heavy (non-hydrogen) atoms. The number of hydrogen-bond donors (Lipinski definition) is 4. The first kappa shape index (κ1) is 74.1. The number of halogens is 4. The number of fused-ring (bicyclic) bond motifs is 10. The van der Waals surface area contributed by atoms with Gasteiger partial charge in [0.2, 0.25) is 11.8 Å². The monoisotopic (exact) mass is 1460 g/mol. The van der Waals surface area contributed by atoms with Crippen LogP contribution < -0.4 is 74.7 Å². The van der Waals surface area contributed by atoms with Gasteiger partial charge in [-0.05, 0) is 193 Å². The molecule has 21 heteroatoms. The number of unbranched alkanes of at least 4 members (excludes halogenated alkanes) is 4. The van der Waals surface area contributed by atoms with Gasteiger partial charge < -0.3 is 65.5 Å². The third-order valence-corrected chi connectivity index (χ3v) is 17.9. The predicted molar refractivity (Wildman–Crippen MR) is 395 cm³/mol. The average molecular weight is 1470 g/mol. The molecule has 8 bridgehead atoms. The van der Waals surface area contributed by atoms with Crippen LogP contribution >= 0.6 is 23.2 Å². The summed E-state index contributed by atoms with van der Waals surface area (Å²) in [5.41, 5.74) is 17.1. The molecule has 515 valence electrons. The summed E-state index contributed by atoms with van der Waals surface area (Å²) in [6, 6.07) is 48.3. The number of nitrogens with one attached hydrogen (secondary N) is 4. The fourth-order valence-electron chi connectivity index (χ4n) is 12.3. The van der Waals surface area contributed by atoms with Crippen LogP contribution in [0.25, 0.3) is 113 Å². The van der Waals surface area contributed by atoms with Crippen LogP contribution in [0.4, 0.5) is 11.4 Å². The van der Waals surface area contributed by atoms with Crippen molar-refractivity contribution in [2.45, 2.75) is 64.2 Å². The quantitative estimate of drug-likeness (QED) is 0.0207. The maximum atomic E-state index is 12.8. The predicted octanol–water partition coefficient (Wildman–Crippen LogP) is 9.75. The van der Waals surface area contributed by atoms with Gasteiger partial charge in [-0.2, -0.15) is 0 Å². The second kappa shape index (κ2) is 35.6. The number of anilines is 2.